The second kappa shape index (κ2) is 6.92. The molecule has 5 nitrogen and oxygen atoms in total. The second-order valence-electron chi connectivity index (χ2n) is 5.84. The van der Waals surface area contributed by atoms with Crippen LogP contribution in [-0.2, 0) is 11.3 Å². The van der Waals surface area contributed by atoms with Gasteiger partial charge in [-0.1, -0.05) is 32.4 Å². The fraction of sp³-hybridized carbons (Fsp3) is 0.529. The molecule has 22 heavy (non-hydrogen) atoms. The highest BCUT2D eigenvalue weighted by Gasteiger charge is 2.23. The number of aryl methyl sites for hydroxylation is 1. The molecule has 120 valence electrons. The maximum absolute atomic E-state index is 12.3. The number of hydrogen-bond donors (Lipinski definition) is 2. The predicted molar refractivity (Wildman–Crippen MR) is 89.4 cm³/mol. The SMILES string of the molecule is CCC(C)C(N)C(=O)NC(C)c1nc2ccccc2n1CC. The number of para-hydroxylation sites is 2. The number of nitrogens with two attached hydrogens (primary N) is 1. The lowest BCUT2D eigenvalue weighted by Gasteiger charge is -2.21. The van der Waals surface area contributed by atoms with Crippen LogP contribution in [0.3, 0.4) is 0 Å². The first kappa shape index (κ1) is 16.5. The highest BCUT2D eigenvalue weighted by Crippen LogP contribution is 2.21. The number of amides is 1. The van der Waals surface area contributed by atoms with Gasteiger partial charge >= 0.3 is 0 Å². The number of carbonyl (C=O) groups excluding carboxylic acids is 1. The standard InChI is InChI=1S/C17H26N4O/c1-5-11(3)15(18)17(22)19-12(4)16-20-13-9-7-8-10-14(13)21(16)6-2/h7-12,15H,5-6,18H2,1-4H3,(H,19,22). The van der Waals surface area contributed by atoms with Crippen LogP contribution >= 0.6 is 0 Å². The average Bonchev–Trinajstić information content (AvgIpc) is 2.91. The van der Waals surface area contributed by atoms with Crippen molar-refractivity contribution in [2.24, 2.45) is 11.7 Å². The lowest BCUT2D eigenvalue weighted by molar-refractivity contribution is -0.124. The Labute approximate surface area is 131 Å². The number of carbonyl (C=O) groups is 1. The summed E-state index contributed by atoms with van der Waals surface area (Å²) in [5, 5.41) is 3.00. The fourth-order valence-corrected chi connectivity index (χ4v) is 2.64. The molecule has 0 saturated carbocycles. The third-order valence-corrected chi connectivity index (χ3v) is 4.31. The minimum Gasteiger partial charge on any atom is -0.345 e. The molecule has 1 amide bonds. The molecule has 3 N–H and O–H groups in total. The van der Waals surface area contributed by atoms with Crippen LogP contribution in [0, 0.1) is 5.92 Å². The van der Waals surface area contributed by atoms with E-state index in [0.717, 1.165) is 29.8 Å². The van der Waals surface area contributed by atoms with Gasteiger partial charge < -0.3 is 15.6 Å². The molecule has 2 aromatic rings. The van der Waals surface area contributed by atoms with Crippen LogP contribution in [0.1, 0.15) is 46.0 Å². The van der Waals surface area contributed by atoms with E-state index in [1.165, 1.54) is 0 Å². The minimum atomic E-state index is -0.480. The van der Waals surface area contributed by atoms with Gasteiger partial charge in [0.2, 0.25) is 5.91 Å². The average molecular weight is 302 g/mol. The number of imidazole rings is 1. The third kappa shape index (κ3) is 3.14. The first-order chi connectivity index (χ1) is 10.5. The molecular weight excluding hydrogens is 276 g/mol. The van der Waals surface area contributed by atoms with Crippen molar-refractivity contribution in [3.05, 3.63) is 30.1 Å². The molecule has 0 bridgehead atoms. The molecule has 0 aliphatic rings. The van der Waals surface area contributed by atoms with Gasteiger partial charge in [0, 0.05) is 6.54 Å². The van der Waals surface area contributed by atoms with Gasteiger partial charge in [0.05, 0.1) is 23.1 Å². The molecule has 0 aliphatic carbocycles. The monoisotopic (exact) mass is 302 g/mol. The van der Waals surface area contributed by atoms with Crippen molar-refractivity contribution in [2.45, 2.75) is 52.7 Å². The van der Waals surface area contributed by atoms with Crippen LogP contribution in [0.15, 0.2) is 24.3 Å². The molecule has 1 aromatic carbocycles. The molecule has 0 fully saturated rings. The largest absolute Gasteiger partial charge is 0.345 e. The number of fused-ring (bicyclic) bond motifs is 1. The van der Waals surface area contributed by atoms with Crippen molar-refractivity contribution in [1.82, 2.24) is 14.9 Å². The van der Waals surface area contributed by atoms with E-state index in [1.54, 1.807) is 0 Å². The molecule has 0 spiro atoms. The molecule has 0 aliphatic heterocycles. The van der Waals surface area contributed by atoms with Gasteiger partial charge in [-0.15, -0.1) is 0 Å². The van der Waals surface area contributed by atoms with E-state index in [1.807, 2.05) is 39.0 Å². The van der Waals surface area contributed by atoms with Crippen molar-refractivity contribution in [1.29, 1.82) is 0 Å². The number of benzene rings is 1. The Morgan fingerprint density at radius 3 is 2.64 bits per heavy atom. The van der Waals surface area contributed by atoms with E-state index in [0.29, 0.717) is 0 Å². The Morgan fingerprint density at radius 2 is 2.00 bits per heavy atom. The molecule has 0 radical (unpaired) electrons. The fourth-order valence-electron chi connectivity index (χ4n) is 2.64. The van der Waals surface area contributed by atoms with E-state index in [-0.39, 0.29) is 17.9 Å². The van der Waals surface area contributed by atoms with Crippen LogP contribution < -0.4 is 11.1 Å². The zero-order valence-corrected chi connectivity index (χ0v) is 13.8. The summed E-state index contributed by atoms with van der Waals surface area (Å²) in [5.74, 6) is 0.919. The Bertz CT molecular complexity index is 649. The summed E-state index contributed by atoms with van der Waals surface area (Å²) in [6.07, 6.45) is 0.885. The van der Waals surface area contributed by atoms with Crippen molar-refractivity contribution in [2.75, 3.05) is 0 Å². The minimum absolute atomic E-state index is 0.114. The van der Waals surface area contributed by atoms with E-state index in [2.05, 4.69) is 27.9 Å². The quantitative estimate of drug-likeness (QED) is 0.861. The Balaban J connectivity index is 2.22. The number of nitrogens with one attached hydrogen (secondary N) is 1. The highest BCUT2D eigenvalue weighted by atomic mass is 16.2. The topological polar surface area (TPSA) is 72.9 Å². The maximum atomic E-state index is 12.3. The third-order valence-electron chi connectivity index (χ3n) is 4.31. The maximum Gasteiger partial charge on any atom is 0.237 e. The molecule has 1 aromatic heterocycles. The Hall–Kier alpha value is -1.88. The van der Waals surface area contributed by atoms with E-state index in [9.17, 15) is 4.79 Å². The number of nitrogens with zero attached hydrogens (tertiary/aromatic N) is 2. The van der Waals surface area contributed by atoms with Crippen LogP contribution in [0.2, 0.25) is 0 Å². The van der Waals surface area contributed by atoms with E-state index >= 15 is 0 Å². The van der Waals surface area contributed by atoms with Gasteiger partial charge in [-0.25, -0.2) is 4.98 Å². The first-order valence-corrected chi connectivity index (χ1v) is 8.00. The normalized spacial score (nSPS) is 15.5. The van der Waals surface area contributed by atoms with Crippen LogP contribution in [0.4, 0.5) is 0 Å². The lowest BCUT2D eigenvalue weighted by Crippen LogP contribution is -2.45. The van der Waals surface area contributed by atoms with Crippen molar-refractivity contribution in [3.63, 3.8) is 0 Å². The molecule has 3 atom stereocenters. The Kier molecular flexibility index (Phi) is 5.19. The molecule has 1 heterocycles. The summed E-state index contributed by atoms with van der Waals surface area (Å²) >= 11 is 0. The molecular formula is C17H26N4O. The molecule has 3 unspecified atom stereocenters. The van der Waals surface area contributed by atoms with Gasteiger partial charge in [0.1, 0.15) is 5.82 Å². The first-order valence-electron chi connectivity index (χ1n) is 8.00. The summed E-state index contributed by atoms with van der Waals surface area (Å²) in [5.41, 5.74) is 8.04. The number of hydrogen-bond acceptors (Lipinski definition) is 3. The van der Waals surface area contributed by atoms with Gasteiger partial charge in [-0.2, -0.15) is 0 Å². The van der Waals surface area contributed by atoms with Gasteiger partial charge in [-0.05, 0) is 31.9 Å². The summed E-state index contributed by atoms with van der Waals surface area (Å²) in [4.78, 5) is 16.9. The Morgan fingerprint density at radius 1 is 1.32 bits per heavy atom. The zero-order valence-electron chi connectivity index (χ0n) is 13.8. The highest BCUT2D eigenvalue weighted by molar-refractivity contribution is 5.82. The van der Waals surface area contributed by atoms with Gasteiger partial charge in [0.15, 0.2) is 0 Å². The summed E-state index contributed by atoms with van der Waals surface area (Å²) in [6, 6.07) is 7.37. The van der Waals surface area contributed by atoms with E-state index < -0.39 is 6.04 Å². The van der Waals surface area contributed by atoms with Crippen LogP contribution in [0.5, 0.6) is 0 Å². The van der Waals surface area contributed by atoms with Crippen molar-refractivity contribution in [3.8, 4) is 0 Å². The molecule has 2 rings (SSSR count). The molecule has 5 heteroatoms. The van der Waals surface area contributed by atoms with Gasteiger partial charge in [-0.3, -0.25) is 4.79 Å². The summed E-state index contributed by atoms with van der Waals surface area (Å²) < 4.78 is 2.13. The number of aromatic nitrogens is 2. The lowest BCUT2D eigenvalue weighted by atomic mass is 9.99. The van der Waals surface area contributed by atoms with Gasteiger partial charge in [0.25, 0.3) is 0 Å². The van der Waals surface area contributed by atoms with Crippen molar-refractivity contribution >= 4 is 16.9 Å². The predicted octanol–water partition coefficient (Wildman–Crippen LogP) is 2.61. The number of rotatable bonds is 6. The smallest absolute Gasteiger partial charge is 0.237 e. The molecule has 0 saturated heterocycles. The summed E-state index contributed by atoms with van der Waals surface area (Å²) in [6.45, 7) is 8.88. The van der Waals surface area contributed by atoms with E-state index in [4.69, 9.17) is 5.73 Å². The zero-order chi connectivity index (χ0) is 16.3. The van der Waals surface area contributed by atoms with Crippen LogP contribution in [0.25, 0.3) is 11.0 Å². The summed E-state index contributed by atoms with van der Waals surface area (Å²) in [7, 11) is 0. The van der Waals surface area contributed by atoms with Crippen LogP contribution in [-0.4, -0.2) is 21.5 Å². The van der Waals surface area contributed by atoms with Crippen molar-refractivity contribution < 1.29 is 4.79 Å². The second-order valence-corrected chi connectivity index (χ2v) is 5.84.